The summed E-state index contributed by atoms with van der Waals surface area (Å²) in [6.45, 7) is 0. The number of halogens is 3. The number of nitrogens with zero attached hydrogens (tertiary/aromatic N) is 2. The maximum absolute atomic E-state index is 12.8. The van der Waals surface area contributed by atoms with E-state index in [9.17, 15) is 38.4 Å². The van der Waals surface area contributed by atoms with Crippen LogP contribution in [0.1, 0.15) is 11.1 Å². The fourth-order valence-corrected chi connectivity index (χ4v) is 2.74. The van der Waals surface area contributed by atoms with Gasteiger partial charge in [0, 0.05) is 11.8 Å². The van der Waals surface area contributed by atoms with Gasteiger partial charge >= 0.3 is 11.9 Å². The number of carbonyl (C=O) groups is 1. The van der Waals surface area contributed by atoms with Crippen LogP contribution in [0.15, 0.2) is 72.3 Å². The molecule has 2 N–H and O–H groups in total. The van der Waals surface area contributed by atoms with Gasteiger partial charge in [-0.1, -0.05) is 12.1 Å². The number of hydrogen-bond acceptors (Lipinski definition) is 6. The summed E-state index contributed by atoms with van der Waals surface area (Å²) >= 11 is 0. The van der Waals surface area contributed by atoms with Crippen LogP contribution in [0.5, 0.6) is 17.2 Å². The van der Waals surface area contributed by atoms with Crippen molar-refractivity contribution in [3.8, 4) is 23.3 Å². The Labute approximate surface area is 190 Å². The van der Waals surface area contributed by atoms with Crippen LogP contribution in [0.3, 0.4) is 0 Å². The number of carbonyl (C=O) groups excluding carboxylic acids is 1. The zero-order chi connectivity index (χ0) is 24.9. The number of nitro benzene ring substituents is 1. The van der Waals surface area contributed by atoms with Crippen LogP contribution in [0.25, 0.3) is 6.08 Å². The number of phenolic OH excluding ortho intramolecular Hbond substituents is 1. The monoisotopic (exact) mass is 469 g/mol. The zero-order valence-electron chi connectivity index (χ0n) is 17.0. The molecule has 0 saturated heterocycles. The molecule has 0 radical (unpaired) electrons. The van der Waals surface area contributed by atoms with Crippen molar-refractivity contribution < 1.29 is 32.7 Å². The summed E-state index contributed by atoms with van der Waals surface area (Å²) in [7, 11) is 0. The smallest absolute Gasteiger partial charge is 0.416 e. The number of amides is 1. The maximum Gasteiger partial charge on any atom is 0.416 e. The van der Waals surface area contributed by atoms with Gasteiger partial charge in [-0.05, 0) is 60.2 Å². The van der Waals surface area contributed by atoms with Crippen LogP contribution in [0.4, 0.5) is 24.5 Å². The molecule has 0 saturated carbocycles. The largest absolute Gasteiger partial charge is 0.508 e. The lowest BCUT2D eigenvalue weighted by atomic mass is 10.1. The Bertz CT molecular complexity index is 1300. The average Bonchev–Trinajstić information content (AvgIpc) is 2.79. The molecule has 0 fully saturated rings. The summed E-state index contributed by atoms with van der Waals surface area (Å²) in [6, 6.07) is 15.0. The van der Waals surface area contributed by atoms with Crippen molar-refractivity contribution in [1.82, 2.24) is 0 Å². The van der Waals surface area contributed by atoms with E-state index in [1.165, 1.54) is 54.6 Å². The molecule has 0 unspecified atom stereocenters. The molecule has 0 atom stereocenters. The van der Waals surface area contributed by atoms with E-state index in [0.717, 1.165) is 6.07 Å². The molecule has 1 amide bonds. The highest BCUT2D eigenvalue weighted by Gasteiger charge is 2.33. The van der Waals surface area contributed by atoms with Crippen LogP contribution in [0.2, 0.25) is 0 Å². The first kappa shape index (κ1) is 23.8. The summed E-state index contributed by atoms with van der Waals surface area (Å²) in [6.07, 6.45) is -3.45. The third-order valence-electron chi connectivity index (χ3n) is 4.39. The Morgan fingerprint density at radius 3 is 2.29 bits per heavy atom. The van der Waals surface area contributed by atoms with Crippen LogP contribution in [-0.4, -0.2) is 15.9 Å². The minimum absolute atomic E-state index is 0.0120. The highest BCUT2D eigenvalue weighted by atomic mass is 19.4. The molecule has 8 nitrogen and oxygen atoms in total. The molecule has 172 valence electrons. The van der Waals surface area contributed by atoms with Crippen molar-refractivity contribution in [3.05, 3.63) is 93.5 Å². The average molecular weight is 469 g/mol. The predicted molar refractivity (Wildman–Crippen MR) is 115 cm³/mol. The van der Waals surface area contributed by atoms with Crippen molar-refractivity contribution in [1.29, 1.82) is 5.26 Å². The second-order valence-electron chi connectivity index (χ2n) is 6.78. The molecule has 3 rings (SSSR count). The second kappa shape index (κ2) is 9.74. The van der Waals surface area contributed by atoms with Crippen LogP contribution < -0.4 is 10.1 Å². The van der Waals surface area contributed by atoms with Gasteiger partial charge in [0.25, 0.3) is 5.91 Å². The van der Waals surface area contributed by atoms with E-state index in [1.54, 1.807) is 6.07 Å². The number of hydrogen-bond donors (Lipinski definition) is 2. The topological polar surface area (TPSA) is 125 Å². The fraction of sp³-hybridized carbons (Fsp3) is 0.0435. The number of nitrogens with one attached hydrogen (secondary N) is 1. The summed E-state index contributed by atoms with van der Waals surface area (Å²) in [4.78, 5) is 22.5. The number of nitriles is 1. The Kier molecular flexibility index (Phi) is 6.82. The summed E-state index contributed by atoms with van der Waals surface area (Å²) in [5, 5.41) is 32.3. The minimum Gasteiger partial charge on any atom is -0.508 e. The lowest BCUT2D eigenvalue weighted by Gasteiger charge is -2.10. The molecule has 0 aliphatic rings. The molecule has 0 aliphatic carbocycles. The van der Waals surface area contributed by atoms with Crippen molar-refractivity contribution >= 4 is 23.4 Å². The SMILES string of the molecule is N#C/C(=C\c1ccc(Oc2ccc(C(F)(F)F)cc2[N+](=O)[O-])cc1)C(=O)Nc1ccc(O)cc1. The first-order valence-corrected chi connectivity index (χ1v) is 9.42. The Hall–Kier alpha value is -4.85. The van der Waals surface area contributed by atoms with Gasteiger partial charge in [-0.25, -0.2) is 0 Å². The molecule has 0 bridgehead atoms. The van der Waals surface area contributed by atoms with Gasteiger partial charge in [-0.15, -0.1) is 0 Å². The van der Waals surface area contributed by atoms with E-state index in [1.807, 2.05) is 0 Å². The standard InChI is InChI=1S/C23H14F3N3O5/c24-23(25,26)16-3-10-21(20(12-16)29(32)33)34-19-8-1-14(2-9-19)11-15(13-27)22(31)28-17-4-6-18(30)7-5-17/h1-12,30H,(H,28,31)/b15-11+. The van der Waals surface area contributed by atoms with Gasteiger partial charge in [0.1, 0.15) is 23.1 Å². The molecule has 3 aromatic rings. The first-order valence-electron chi connectivity index (χ1n) is 9.42. The molecule has 0 aliphatic heterocycles. The molecule has 11 heteroatoms. The Balaban J connectivity index is 1.77. The van der Waals surface area contributed by atoms with Gasteiger partial charge in [0.15, 0.2) is 0 Å². The van der Waals surface area contributed by atoms with Crippen molar-refractivity contribution in [2.75, 3.05) is 5.32 Å². The maximum atomic E-state index is 12.8. The summed E-state index contributed by atoms with van der Waals surface area (Å²) < 4.78 is 43.9. The molecule has 3 aromatic carbocycles. The Morgan fingerprint density at radius 1 is 1.09 bits per heavy atom. The van der Waals surface area contributed by atoms with Gasteiger partial charge < -0.3 is 15.2 Å². The number of alkyl halides is 3. The van der Waals surface area contributed by atoms with E-state index in [2.05, 4.69) is 5.32 Å². The minimum atomic E-state index is -4.75. The molecular weight excluding hydrogens is 455 g/mol. The van der Waals surface area contributed by atoms with Crippen molar-refractivity contribution in [2.45, 2.75) is 6.18 Å². The number of anilines is 1. The molecular formula is C23H14F3N3O5. The summed E-state index contributed by atoms with van der Waals surface area (Å²) in [5.74, 6) is -0.966. The lowest BCUT2D eigenvalue weighted by molar-refractivity contribution is -0.385. The lowest BCUT2D eigenvalue weighted by Crippen LogP contribution is -2.13. The van der Waals surface area contributed by atoms with Crippen LogP contribution in [-0.2, 0) is 11.0 Å². The van der Waals surface area contributed by atoms with Gasteiger partial charge in [-0.2, -0.15) is 18.4 Å². The molecule has 34 heavy (non-hydrogen) atoms. The zero-order valence-corrected chi connectivity index (χ0v) is 17.0. The molecule has 0 heterocycles. The van der Waals surface area contributed by atoms with E-state index in [4.69, 9.17) is 4.74 Å². The Morgan fingerprint density at radius 2 is 1.74 bits per heavy atom. The molecule has 0 spiro atoms. The number of nitro groups is 1. The number of benzene rings is 3. The van der Waals surface area contributed by atoms with E-state index < -0.39 is 28.3 Å². The van der Waals surface area contributed by atoms with Crippen LogP contribution >= 0.6 is 0 Å². The number of ether oxygens (including phenoxy) is 1. The molecule has 0 aromatic heterocycles. The van der Waals surface area contributed by atoms with E-state index in [-0.39, 0.29) is 22.8 Å². The van der Waals surface area contributed by atoms with Crippen molar-refractivity contribution in [2.24, 2.45) is 0 Å². The quantitative estimate of drug-likeness (QED) is 0.158. The highest BCUT2D eigenvalue weighted by molar-refractivity contribution is 6.09. The van der Waals surface area contributed by atoms with E-state index in [0.29, 0.717) is 23.4 Å². The number of phenols is 1. The second-order valence-corrected chi connectivity index (χ2v) is 6.78. The summed E-state index contributed by atoms with van der Waals surface area (Å²) in [5.41, 5.74) is -1.46. The third-order valence-corrected chi connectivity index (χ3v) is 4.39. The fourth-order valence-electron chi connectivity index (χ4n) is 2.74. The van der Waals surface area contributed by atoms with Gasteiger partial charge in [0.2, 0.25) is 5.75 Å². The van der Waals surface area contributed by atoms with Crippen LogP contribution in [0, 0.1) is 21.4 Å². The van der Waals surface area contributed by atoms with Crippen molar-refractivity contribution in [3.63, 3.8) is 0 Å². The predicted octanol–water partition coefficient (Wildman–Crippen LogP) is 5.66. The van der Waals surface area contributed by atoms with Gasteiger partial charge in [-0.3, -0.25) is 14.9 Å². The highest BCUT2D eigenvalue weighted by Crippen LogP contribution is 2.37. The number of rotatable bonds is 6. The number of aromatic hydroxyl groups is 1. The first-order chi connectivity index (χ1) is 16.1. The normalized spacial score (nSPS) is 11.4. The third kappa shape index (κ3) is 5.89. The van der Waals surface area contributed by atoms with E-state index >= 15 is 0 Å². The van der Waals surface area contributed by atoms with Gasteiger partial charge in [0.05, 0.1) is 10.5 Å².